The summed E-state index contributed by atoms with van der Waals surface area (Å²) >= 11 is 0. The van der Waals surface area contributed by atoms with Gasteiger partial charge in [0.2, 0.25) is 0 Å². The summed E-state index contributed by atoms with van der Waals surface area (Å²) < 4.78 is 0. The lowest BCUT2D eigenvalue weighted by Gasteiger charge is -2.74. The highest BCUT2D eigenvalue weighted by Gasteiger charge is 2.75. The Bertz CT molecular complexity index is 564. The molecule has 3 heteroatoms. The molecule has 0 aromatic heterocycles. The fourth-order valence-corrected chi connectivity index (χ4v) is 9.98. The number of carboxylic acid groups (broad SMARTS) is 1. The molecular weight excluding hydrogens is 298 g/mol. The van der Waals surface area contributed by atoms with E-state index < -0.39 is 16.9 Å². The van der Waals surface area contributed by atoms with Crippen molar-refractivity contribution in [3.8, 4) is 0 Å². The predicted octanol–water partition coefficient (Wildman–Crippen LogP) is 3.81. The molecule has 24 heavy (non-hydrogen) atoms. The number of carbonyl (C=O) groups is 1. The van der Waals surface area contributed by atoms with Crippen molar-refractivity contribution >= 4 is 5.97 Å². The maximum absolute atomic E-state index is 12.7. The van der Waals surface area contributed by atoms with Gasteiger partial charge < -0.3 is 10.8 Å². The van der Waals surface area contributed by atoms with Crippen LogP contribution in [0.5, 0.6) is 0 Å². The van der Waals surface area contributed by atoms with E-state index in [2.05, 4.69) is 0 Å². The molecule has 8 rings (SSSR count). The standard InChI is InChI=1S/C21H31NO2/c22-21(19-7-12-1-13(8-19)3-14(2-12)9-19)17-5-15-4-16(6-17)11-20(21,10-15)18(23)24/h12-17H,1-11,22H2,(H,23,24). The summed E-state index contributed by atoms with van der Waals surface area (Å²) in [6.45, 7) is 0. The van der Waals surface area contributed by atoms with Crippen LogP contribution in [0.3, 0.4) is 0 Å². The van der Waals surface area contributed by atoms with Crippen LogP contribution in [-0.4, -0.2) is 16.6 Å². The van der Waals surface area contributed by atoms with Crippen LogP contribution in [0.25, 0.3) is 0 Å². The van der Waals surface area contributed by atoms with Crippen LogP contribution < -0.4 is 5.73 Å². The van der Waals surface area contributed by atoms with Crippen molar-refractivity contribution in [2.24, 2.45) is 52.1 Å². The Kier molecular flexibility index (Phi) is 2.56. The average molecular weight is 329 g/mol. The Hall–Kier alpha value is -0.570. The van der Waals surface area contributed by atoms with E-state index in [1.54, 1.807) is 0 Å². The van der Waals surface area contributed by atoms with Crippen LogP contribution in [0.1, 0.15) is 70.6 Å². The second kappa shape index (κ2) is 4.22. The molecule has 8 aliphatic rings. The van der Waals surface area contributed by atoms with Gasteiger partial charge in [0.05, 0.1) is 5.41 Å². The van der Waals surface area contributed by atoms with Crippen LogP contribution >= 0.6 is 0 Å². The van der Waals surface area contributed by atoms with Crippen molar-refractivity contribution in [2.45, 2.75) is 76.2 Å². The minimum absolute atomic E-state index is 0.151. The summed E-state index contributed by atoms with van der Waals surface area (Å²) in [5, 5.41) is 10.4. The molecule has 132 valence electrons. The fraction of sp³-hybridized carbons (Fsp3) is 0.952. The first kappa shape index (κ1) is 14.6. The van der Waals surface area contributed by atoms with Crippen LogP contribution in [0, 0.1) is 46.3 Å². The molecule has 3 nitrogen and oxygen atoms in total. The SMILES string of the molecule is NC1(C23CC4CC(CC(C4)C2)C3)C2CC3CC(C2)CC1(C(=O)O)C3. The molecular formula is C21H31NO2. The molecule has 0 amide bonds. The highest BCUT2D eigenvalue weighted by molar-refractivity contribution is 5.78. The lowest BCUT2D eigenvalue weighted by molar-refractivity contribution is -0.230. The van der Waals surface area contributed by atoms with E-state index >= 15 is 0 Å². The van der Waals surface area contributed by atoms with Gasteiger partial charge in [-0.15, -0.1) is 0 Å². The first-order chi connectivity index (χ1) is 11.4. The molecule has 3 N–H and O–H groups in total. The number of aliphatic carboxylic acids is 1. The minimum atomic E-state index is -0.604. The van der Waals surface area contributed by atoms with E-state index in [9.17, 15) is 9.90 Å². The molecule has 8 bridgehead atoms. The van der Waals surface area contributed by atoms with Crippen molar-refractivity contribution in [1.82, 2.24) is 0 Å². The molecule has 0 saturated heterocycles. The number of hydrogen-bond donors (Lipinski definition) is 2. The summed E-state index contributed by atoms with van der Waals surface area (Å²) in [7, 11) is 0. The zero-order valence-electron chi connectivity index (χ0n) is 14.7. The number of carboxylic acids is 1. The van der Waals surface area contributed by atoms with Gasteiger partial charge in [-0.2, -0.15) is 0 Å². The van der Waals surface area contributed by atoms with Gasteiger partial charge in [0, 0.05) is 5.54 Å². The van der Waals surface area contributed by atoms with E-state index in [4.69, 9.17) is 5.73 Å². The zero-order chi connectivity index (χ0) is 16.3. The largest absolute Gasteiger partial charge is 0.481 e. The average Bonchev–Trinajstić information content (AvgIpc) is 2.50. The van der Waals surface area contributed by atoms with Crippen molar-refractivity contribution in [2.75, 3.05) is 0 Å². The van der Waals surface area contributed by atoms with Crippen molar-refractivity contribution < 1.29 is 9.90 Å². The summed E-state index contributed by atoms with van der Waals surface area (Å²) in [5.41, 5.74) is 6.57. The molecule has 8 saturated carbocycles. The second-order valence-corrected chi connectivity index (χ2v) is 11.0. The molecule has 8 fully saturated rings. The molecule has 8 aliphatic carbocycles. The van der Waals surface area contributed by atoms with Gasteiger partial charge in [-0.25, -0.2) is 0 Å². The highest BCUT2D eigenvalue weighted by atomic mass is 16.4. The molecule has 0 aromatic rings. The van der Waals surface area contributed by atoms with Gasteiger partial charge in [-0.3, -0.25) is 4.79 Å². The van der Waals surface area contributed by atoms with Gasteiger partial charge in [0.1, 0.15) is 0 Å². The van der Waals surface area contributed by atoms with Crippen LogP contribution in [0.4, 0.5) is 0 Å². The van der Waals surface area contributed by atoms with Crippen molar-refractivity contribution in [3.63, 3.8) is 0 Å². The molecule has 0 radical (unpaired) electrons. The third-order valence-electron chi connectivity index (χ3n) is 9.94. The molecule has 0 aromatic carbocycles. The summed E-state index contributed by atoms with van der Waals surface area (Å²) in [6.07, 6.45) is 13.5. The Balaban J connectivity index is 1.52. The van der Waals surface area contributed by atoms with Crippen LogP contribution in [-0.2, 0) is 4.79 Å². The third-order valence-corrected chi connectivity index (χ3v) is 9.94. The van der Waals surface area contributed by atoms with Gasteiger partial charge in [0.15, 0.2) is 0 Å². The minimum Gasteiger partial charge on any atom is -0.481 e. The summed E-state index contributed by atoms with van der Waals surface area (Å²) in [6, 6.07) is 0. The molecule has 3 unspecified atom stereocenters. The van der Waals surface area contributed by atoms with E-state index in [1.807, 2.05) is 0 Å². The van der Waals surface area contributed by atoms with Crippen LogP contribution in [0.15, 0.2) is 0 Å². The number of nitrogens with two attached hydrogens (primary N) is 1. The Morgan fingerprint density at radius 1 is 0.750 bits per heavy atom. The topological polar surface area (TPSA) is 63.3 Å². The first-order valence-electron chi connectivity index (χ1n) is 10.5. The van der Waals surface area contributed by atoms with Gasteiger partial charge in [-0.1, -0.05) is 0 Å². The summed E-state index contributed by atoms with van der Waals surface area (Å²) in [5.74, 6) is 3.77. The molecule has 0 spiro atoms. The quantitative estimate of drug-likeness (QED) is 0.809. The van der Waals surface area contributed by atoms with E-state index in [1.165, 1.54) is 57.8 Å². The van der Waals surface area contributed by atoms with E-state index in [-0.39, 0.29) is 5.41 Å². The number of hydrogen-bond acceptors (Lipinski definition) is 2. The van der Waals surface area contributed by atoms with Gasteiger partial charge in [-0.05, 0) is 112 Å². The lowest BCUT2D eigenvalue weighted by Crippen LogP contribution is -2.79. The molecule has 0 heterocycles. The predicted molar refractivity (Wildman–Crippen MR) is 91.1 cm³/mol. The van der Waals surface area contributed by atoms with Gasteiger partial charge in [0.25, 0.3) is 0 Å². The Morgan fingerprint density at radius 2 is 1.17 bits per heavy atom. The first-order valence-corrected chi connectivity index (χ1v) is 10.5. The van der Waals surface area contributed by atoms with Crippen molar-refractivity contribution in [1.29, 1.82) is 0 Å². The molecule has 3 atom stereocenters. The smallest absolute Gasteiger partial charge is 0.311 e. The van der Waals surface area contributed by atoms with E-state index in [0.717, 1.165) is 30.6 Å². The zero-order valence-corrected chi connectivity index (χ0v) is 14.7. The maximum Gasteiger partial charge on any atom is 0.311 e. The fourth-order valence-electron chi connectivity index (χ4n) is 9.98. The lowest BCUT2D eigenvalue weighted by atomic mass is 9.32. The van der Waals surface area contributed by atoms with Crippen LogP contribution in [0.2, 0.25) is 0 Å². The maximum atomic E-state index is 12.7. The monoisotopic (exact) mass is 329 g/mol. The second-order valence-electron chi connectivity index (χ2n) is 11.0. The molecule has 0 aliphatic heterocycles. The Morgan fingerprint density at radius 3 is 1.58 bits per heavy atom. The summed E-state index contributed by atoms with van der Waals surface area (Å²) in [4.78, 5) is 12.7. The van der Waals surface area contributed by atoms with Gasteiger partial charge >= 0.3 is 5.97 Å². The van der Waals surface area contributed by atoms with Crippen molar-refractivity contribution in [3.05, 3.63) is 0 Å². The van der Waals surface area contributed by atoms with E-state index in [0.29, 0.717) is 17.8 Å². The Labute approximate surface area is 144 Å². The normalized spacial score (nSPS) is 63.0. The number of rotatable bonds is 2. The third kappa shape index (κ3) is 1.45. The highest BCUT2D eigenvalue weighted by Crippen LogP contribution is 2.74.